The molecule has 0 saturated heterocycles. The molecule has 0 unspecified atom stereocenters. The van der Waals surface area contributed by atoms with Gasteiger partial charge in [-0.05, 0) is 19.1 Å². The first kappa shape index (κ1) is 15.7. The number of ether oxygens (including phenoxy) is 1. The second-order valence-electron chi connectivity index (χ2n) is 4.56. The summed E-state index contributed by atoms with van der Waals surface area (Å²) in [6.45, 7) is 10.3. The van der Waals surface area contributed by atoms with E-state index in [-0.39, 0.29) is 0 Å². The Morgan fingerprint density at radius 2 is 2.14 bits per heavy atom. The van der Waals surface area contributed by atoms with Crippen LogP contribution in [-0.4, -0.2) is 27.9 Å². The number of para-hydroxylation sites is 2. The van der Waals surface area contributed by atoms with E-state index in [0.717, 1.165) is 22.8 Å². The van der Waals surface area contributed by atoms with Crippen molar-refractivity contribution in [3.8, 4) is 11.4 Å². The van der Waals surface area contributed by atoms with Gasteiger partial charge in [-0.15, -0.1) is 5.10 Å². The average molecular weight is 296 g/mol. The molecule has 0 aliphatic rings. The van der Waals surface area contributed by atoms with Gasteiger partial charge >= 0.3 is 0 Å². The Balaban J connectivity index is 2.46. The van der Waals surface area contributed by atoms with Crippen LogP contribution in [-0.2, 0) is 0 Å². The maximum absolute atomic E-state index is 5.67. The van der Waals surface area contributed by atoms with Gasteiger partial charge in [0.15, 0.2) is 5.82 Å². The molecule has 1 aromatic carbocycles. The molecule has 1 heterocycles. The normalized spacial score (nSPS) is 11.3. The van der Waals surface area contributed by atoms with E-state index in [1.807, 2.05) is 37.3 Å². The van der Waals surface area contributed by atoms with Gasteiger partial charge in [0, 0.05) is 12.1 Å². The van der Waals surface area contributed by atoms with Crippen molar-refractivity contribution in [1.82, 2.24) is 14.8 Å². The molecule has 0 aliphatic carbocycles. The van der Waals surface area contributed by atoms with E-state index in [0.29, 0.717) is 19.0 Å². The minimum atomic E-state index is 0.450. The van der Waals surface area contributed by atoms with Crippen LogP contribution in [0.3, 0.4) is 0 Å². The summed E-state index contributed by atoms with van der Waals surface area (Å²) < 4.78 is 7.43. The third kappa shape index (κ3) is 3.32. The van der Waals surface area contributed by atoms with E-state index in [1.165, 1.54) is 0 Å². The van der Waals surface area contributed by atoms with Crippen molar-refractivity contribution >= 4 is 5.57 Å². The lowest BCUT2D eigenvalue weighted by molar-refractivity contribution is 0.326. The van der Waals surface area contributed by atoms with Crippen molar-refractivity contribution in [2.45, 2.75) is 6.92 Å². The maximum atomic E-state index is 5.67. The number of nitrogens with two attached hydrogens (primary N) is 1. The Morgan fingerprint density at radius 1 is 1.36 bits per heavy atom. The number of aryl methyl sites for hydroxylation is 1. The van der Waals surface area contributed by atoms with Gasteiger partial charge in [0.1, 0.15) is 23.9 Å². The molecule has 1 aromatic heterocycles. The topological polar surface area (TPSA) is 66.0 Å². The molecule has 2 N–H and O–H groups in total. The summed E-state index contributed by atoms with van der Waals surface area (Å²) in [5.41, 5.74) is 7.15. The van der Waals surface area contributed by atoms with Crippen molar-refractivity contribution in [2.75, 3.05) is 13.2 Å². The smallest absolute Gasteiger partial charge is 0.181 e. The van der Waals surface area contributed by atoms with E-state index >= 15 is 0 Å². The summed E-state index contributed by atoms with van der Waals surface area (Å²) >= 11 is 0. The molecule has 0 bridgehead atoms. The Bertz CT molecular complexity index is 700. The fourth-order valence-corrected chi connectivity index (χ4v) is 2.02. The van der Waals surface area contributed by atoms with Crippen LogP contribution < -0.4 is 10.5 Å². The summed E-state index contributed by atoms with van der Waals surface area (Å²) in [5.74, 6) is 2.08. The van der Waals surface area contributed by atoms with Crippen molar-refractivity contribution in [3.63, 3.8) is 0 Å². The first-order valence-corrected chi connectivity index (χ1v) is 7.02. The number of aromatic nitrogens is 3. The molecule has 5 nitrogen and oxygen atoms in total. The largest absolute Gasteiger partial charge is 0.490 e. The lowest BCUT2D eigenvalue weighted by Crippen LogP contribution is -2.12. The van der Waals surface area contributed by atoms with Gasteiger partial charge in [-0.3, -0.25) is 0 Å². The third-order valence-electron chi connectivity index (χ3n) is 3.01. The van der Waals surface area contributed by atoms with Crippen LogP contribution in [0.1, 0.15) is 11.6 Å². The Hall–Kier alpha value is -2.66. The molecule has 114 valence electrons. The van der Waals surface area contributed by atoms with Crippen LogP contribution in [0.25, 0.3) is 11.3 Å². The van der Waals surface area contributed by atoms with E-state index in [2.05, 4.69) is 23.2 Å². The summed E-state index contributed by atoms with van der Waals surface area (Å²) in [6, 6.07) is 7.66. The average Bonchev–Trinajstić information content (AvgIpc) is 2.92. The standard InChI is InChI=1S/C17H20N4O/c1-4-8-14(5-2)17-19-13(3)21(20-17)15-9-6-7-10-16(15)22-12-11-18/h4-10H,1-2,11-12,18H2,3H3/b14-8+. The highest BCUT2D eigenvalue weighted by molar-refractivity contribution is 5.70. The monoisotopic (exact) mass is 296 g/mol. The summed E-state index contributed by atoms with van der Waals surface area (Å²) in [7, 11) is 0. The Labute approximate surface area is 130 Å². The van der Waals surface area contributed by atoms with Crippen LogP contribution in [0.15, 0.2) is 55.7 Å². The molecule has 2 rings (SSSR count). The van der Waals surface area contributed by atoms with Crippen LogP contribution in [0, 0.1) is 6.92 Å². The number of hydrogen-bond acceptors (Lipinski definition) is 4. The second-order valence-corrected chi connectivity index (χ2v) is 4.56. The Kier molecular flexibility index (Phi) is 5.27. The van der Waals surface area contributed by atoms with Crippen LogP contribution in [0.2, 0.25) is 0 Å². The molecule has 0 atom stereocenters. The van der Waals surface area contributed by atoms with Gasteiger partial charge in [-0.1, -0.05) is 43.5 Å². The molecule has 5 heteroatoms. The quantitative estimate of drug-likeness (QED) is 0.798. The first-order chi connectivity index (χ1) is 10.7. The van der Waals surface area contributed by atoms with E-state index in [1.54, 1.807) is 16.8 Å². The Morgan fingerprint density at radius 3 is 2.82 bits per heavy atom. The lowest BCUT2D eigenvalue weighted by atomic mass is 10.2. The molecule has 22 heavy (non-hydrogen) atoms. The van der Waals surface area contributed by atoms with Gasteiger partial charge in [-0.25, -0.2) is 9.67 Å². The van der Waals surface area contributed by atoms with E-state index in [4.69, 9.17) is 10.5 Å². The van der Waals surface area contributed by atoms with Gasteiger partial charge in [0.2, 0.25) is 0 Å². The molecule has 0 saturated carbocycles. The zero-order chi connectivity index (χ0) is 15.9. The number of nitrogens with zero attached hydrogens (tertiary/aromatic N) is 3. The highest BCUT2D eigenvalue weighted by Crippen LogP contribution is 2.24. The zero-order valence-electron chi connectivity index (χ0n) is 12.7. The van der Waals surface area contributed by atoms with Gasteiger partial charge in [0.25, 0.3) is 0 Å². The number of rotatable bonds is 7. The minimum Gasteiger partial charge on any atom is -0.490 e. The van der Waals surface area contributed by atoms with Gasteiger partial charge in [0.05, 0.1) is 0 Å². The van der Waals surface area contributed by atoms with Crippen LogP contribution >= 0.6 is 0 Å². The number of allylic oxidation sites excluding steroid dienone is 4. The highest BCUT2D eigenvalue weighted by atomic mass is 16.5. The third-order valence-corrected chi connectivity index (χ3v) is 3.01. The molecule has 0 amide bonds. The zero-order valence-corrected chi connectivity index (χ0v) is 12.7. The molecule has 0 radical (unpaired) electrons. The number of benzene rings is 1. The molecular formula is C17H20N4O. The van der Waals surface area contributed by atoms with E-state index < -0.39 is 0 Å². The minimum absolute atomic E-state index is 0.450. The summed E-state index contributed by atoms with van der Waals surface area (Å²) in [4.78, 5) is 4.48. The van der Waals surface area contributed by atoms with Crippen LogP contribution in [0.5, 0.6) is 5.75 Å². The van der Waals surface area contributed by atoms with Gasteiger partial charge in [-0.2, -0.15) is 0 Å². The van der Waals surface area contributed by atoms with Crippen molar-refractivity contribution < 1.29 is 4.74 Å². The molecule has 0 aliphatic heterocycles. The van der Waals surface area contributed by atoms with Crippen LogP contribution in [0.4, 0.5) is 0 Å². The molecule has 0 fully saturated rings. The van der Waals surface area contributed by atoms with Gasteiger partial charge < -0.3 is 10.5 Å². The lowest BCUT2D eigenvalue weighted by Gasteiger charge is -2.11. The summed E-state index contributed by atoms with van der Waals surface area (Å²) in [6.07, 6.45) is 5.21. The predicted octanol–water partition coefficient (Wildman–Crippen LogP) is 2.67. The van der Waals surface area contributed by atoms with Crippen molar-refractivity contribution in [1.29, 1.82) is 0 Å². The van der Waals surface area contributed by atoms with Crippen molar-refractivity contribution in [2.24, 2.45) is 5.73 Å². The highest BCUT2D eigenvalue weighted by Gasteiger charge is 2.13. The predicted molar refractivity (Wildman–Crippen MR) is 89.0 cm³/mol. The fourth-order valence-electron chi connectivity index (χ4n) is 2.02. The molecular weight excluding hydrogens is 276 g/mol. The number of hydrogen-bond donors (Lipinski definition) is 1. The SMILES string of the molecule is C=C/C=C(\C=C)c1nc(C)n(-c2ccccc2OCCN)n1. The molecule has 0 spiro atoms. The fraction of sp³-hybridized carbons (Fsp3) is 0.176. The summed E-state index contributed by atoms with van der Waals surface area (Å²) in [5, 5.41) is 4.55. The maximum Gasteiger partial charge on any atom is 0.181 e. The molecule has 2 aromatic rings. The second kappa shape index (κ2) is 7.38. The van der Waals surface area contributed by atoms with E-state index in [9.17, 15) is 0 Å². The van der Waals surface area contributed by atoms with Crippen molar-refractivity contribution in [3.05, 3.63) is 67.3 Å². The first-order valence-electron chi connectivity index (χ1n) is 7.02.